The fourth-order valence-electron chi connectivity index (χ4n) is 2.22. The van der Waals surface area contributed by atoms with Crippen molar-refractivity contribution in [3.05, 3.63) is 48.8 Å². The zero-order valence-electron chi connectivity index (χ0n) is 13.6. The van der Waals surface area contributed by atoms with Crippen molar-refractivity contribution in [2.75, 3.05) is 0 Å². The maximum Gasteiger partial charge on any atom is 0.288 e. The number of aromatic nitrogens is 4. The number of hydrogen-bond acceptors (Lipinski definition) is 6. The first kappa shape index (κ1) is 18.4. The van der Waals surface area contributed by atoms with Crippen LogP contribution >= 0.6 is 23.5 Å². The monoisotopic (exact) mass is 389 g/mol. The molecule has 2 aromatic heterocycles. The number of halogens is 2. The van der Waals surface area contributed by atoms with Crippen molar-refractivity contribution in [1.82, 2.24) is 19.7 Å². The number of hydrogen-bond donors (Lipinski definition) is 0. The molecule has 0 spiro atoms. The van der Waals surface area contributed by atoms with Gasteiger partial charge in [0.05, 0.1) is 11.3 Å². The van der Waals surface area contributed by atoms with E-state index < -0.39 is 5.76 Å². The SMILES string of the molecule is C[C@@H](C#N)Sc1nnc(-c2cccnc2)n1-c1ccc(SC(F)F)cc1. The van der Waals surface area contributed by atoms with Crippen molar-refractivity contribution >= 4 is 23.5 Å². The molecule has 0 bridgehead atoms. The molecular formula is C17H13F2N5S2. The highest BCUT2D eigenvalue weighted by Crippen LogP contribution is 2.31. The van der Waals surface area contributed by atoms with Crippen LogP contribution in [0.5, 0.6) is 0 Å². The molecule has 9 heteroatoms. The van der Waals surface area contributed by atoms with Crippen molar-refractivity contribution in [2.45, 2.75) is 28.0 Å². The summed E-state index contributed by atoms with van der Waals surface area (Å²) in [5.74, 6) is -1.90. The largest absolute Gasteiger partial charge is 0.288 e. The maximum atomic E-state index is 12.5. The van der Waals surface area contributed by atoms with E-state index in [1.165, 1.54) is 11.8 Å². The number of thioether (sulfide) groups is 2. The highest BCUT2D eigenvalue weighted by Gasteiger charge is 2.18. The van der Waals surface area contributed by atoms with E-state index in [9.17, 15) is 8.78 Å². The molecule has 3 aromatic rings. The minimum atomic E-state index is -2.47. The van der Waals surface area contributed by atoms with Gasteiger partial charge in [0.2, 0.25) is 0 Å². The average molecular weight is 389 g/mol. The predicted molar refractivity (Wildman–Crippen MR) is 97.4 cm³/mol. The Hall–Kier alpha value is -2.44. The first-order valence-electron chi connectivity index (χ1n) is 7.56. The molecule has 0 radical (unpaired) electrons. The van der Waals surface area contributed by atoms with Crippen LogP contribution in [0.4, 0.5) is 8.78 Å². The second-order valence-corrected chi connectivity index (χ2v) is 7.52. The number of benzene rings is 1. The van der Waals surface area contributed by atoms with Crippen LogP contribution in [-0.2, 0) is 0 Å². The van der Waals surface area contributed by atoms with Gasteiger partial charge in [0.15, 0.2) is 11.0 Å². The molecule has 132 valence electrons. The van der Waals surface area contributed by atoms with Crippen LogP contribution < -0.4 is 0 Å². The third kappa shape index (κ3) is 4.20. The summed E-state index contributed by atoms with van der Waals surface area (Å²) in [6, 6.07) is 12.5. The summed E-state index contributed by atoms with van der Waals surface area (Å²) in [5.41, 5.74) is 1.49. The summed E-state index contributed by atoms with van der Waals surface area (Å²) in [7, 11) is 0. The van der Waals surface area contributed by atoms with Gasteiger partial charge in [-0.2, -0.15) is 14.0 Å². The highest BCUT2D eigenvalue weighted by atomic mass is 32.2. The fourth-order valence-corrected chi connectivity index (χ4v) is 3.48. The molecule has 5 nitrogen and oxygen atoms in total. The lowest BCUT2D eigenvalue weighted by Gasteiger charge is -2.11. The topological polar surface area (TPSA) is 67.4 Å². The quantitative estimate of drug-likeness (QED) is 0.572. The Morgan fingerprint density at radius 2 is 1.88 bits per heavy atom. The van der Waals surface area contributed by atoms with Gasteiger partial charge in [-0.3, -0.25) is 9.55 Å². The number of nitrogens with zero attached hydrogens (tertiary/aromatic N) is 5. The third-order valence-electron chi connectivity index (χ3n) is 3.34. The van der Waals surface area contributed by atoms with Gasteiger partial charge in [0, 0.05) is 28.5 Å². The molecule has 2 heterocycles. The summed E-state index contributed by atoms with van der Waals surface area (Å²) in [6.45, 7) is 1.77. The molecule has 0 aliphatic carbocycles. The summed E-state index contributed by atoms with van der Waals surface area (Å²) >= 11 is 1.77. The number of pyridine rings is 1. The third-order valence-corrected chi connectivity index (χ3v) is 4.99. The first-order chi connectivity index (χ1) is 12.6. The van der Waals surface area contributed by atoms with Crippen molar-refractivity contribution in [3.63, 3.8) is 0 Å². The average Bonchev–Trinajstić information content (AvgIpc) is 3.06. The molecule has 1 aromatic carbocycles. The lowest BCUT2D eigenvalue weighted by Crippen LogP contribution is -2.02. The summed E-state index contributed by atoms with van der Waals surface area (Å²) in [6.07, 6.45) is 3.33. The molecule has 0 saturated carbocycles. The normalized spacial score (nSPS) is 12.1. The van der Waals surface area contributed by atoms with E-state index in [0.29, 0.717) is 27.6 Å². The summed E-state index contributed by atoms with van der Waals surface area (Å²) in [5, 5.41) is 17.8. The van der Waals surface area contributed by atoms with E-state index in [-0.39, 0.29) is 5.25 Å². The van der Waals surface area contributed by atoms with Gasteiger partial charge in [0.25, 0.3) is 5.76 Å². The molecule has 3 rings (SSSR count). The van der Waals surface area contributed by atoms with Crippen LogP contribution in [0.15, 0.2) is 58.8 Å². The van der Waals surface area contributed by atoms with Gasteiger partial charge in [0.1, 0.15) is 0 Å². The maximum absolute atomic E-state index is 12.5. The van der Waals surface area contributed by atoms with Crippen LogP contribution in [0.2, 0.25) is 0 Å². The van der Waals surface area contributed by atoms with Crippen molar-refractivity contribution < 1.29 is 8.78 Å². The molecule has 0 amide bonds. The Balaban J connectivity index is 2.05. The number of nitriles is 1. The van der Waals surface area contributed by atoms with Gasteiger partial charge in [-0.1, -0.05) is 23.5 Å². The Kier molecular flexibility index (Phi) is 5.85. The van der Waals surface area contributed by atoms with Crippen molar-refractivity contribution in [2.24, 2.45) is 0 Å². The van der Waals surface area contributed by atoms with Gasteiger partial charge in [-0.15, -0.1) is 10.2 Å². The molecule has 0 aliphatic rings. The van der Waals surface area contributed by atoms with Crippen LogP contribution in [-0.4, -0.2) is 30.8 Å². The van der Waals surface area contributed by atoms with Crippen LogP contribution in [0.1, 0.15) is 6.92 Å². The summed E-state index contributed by atoms with van der Waals surface area (Å²) in [4.78, 5) is 4.57. The zero-order chi connectivity index (χ0) is 18.5. The molecular weight excluding hydrogens is 376 g/mol. The lowest BCUT2D eigenvalue weighted by molar-refractivity contribution is 0.252. The molecule has 0 saturated heterocycles. The smallest absolute Gasteiger partial charge is 0.270 e. The number of rotatable bonds is 6. The van der Waals surface area contributed by atoms with Gasteiger partial charge >= 0.3 is 0 Å². The van der Waals surface area contributed by atoms with E-state index >= 15 is 0 Å². The second-order valence-electron chi connectivity index (χ2n) is 5.14. The highest BCUT2D eigenvalue weighted by molar-refractivity contribution is 8.00. The molecule has 0 aliphatic heterocycles. The standard InChI is InChI=1S/C17H13F2N5S2/c1-11(9-20)25-17-23-22-15(12-3-2-8-21-10-12)24(17)13-4-6-14(7-5-13)26-16(18)19/h2-8,10-11,16H,1H3/t11-/m0/s1. The Labute approximate surface area is 157 Å². The molecule has 1 atom stereocenters. The molecule has 0 unspecified atom stereocenters. The van der Waals surface area contributed by atoms with Gasteiger partial charge in [-0.25, -0.2) is 0 Å². The minimum absolute atomic E-state index is 0.312. The zero-order valence-corrected chi connectivity index (χ0v) is 15.2. The fraction of sp³-hybridized carbons (Fsp3) is 0.176. The van der Waals surface area contributed by atoms with E-state index in [4.69, 9.17) is 5.26 Å². The van der Waals surface area contributed by atoms with Gasteiger partial charge < -0.3 is 0 Å². The van der Waals surface area contributed by atoms with Gasteiger partial charge in [-0.05, 0) is 43.3 Å². The van der Waals surface area contributed by atoms with Crippen molar-refractivity contribution in [1.29, 1.82) is 5.26 Å². The van der Waals surface area contributed by atoms with Crippen molar-refractivity contribution in [3.8, 4) is 23.1 Å². The number of alkyl halides is 2. The van der Waals surface area contributed by atoms with Crippen LogP contribution in [0.3, 0.4) is 0 Å². The Morgan fingerprint density at radius 1 is 1.12 bits per heavy atom. The van der Waals surface area contributed by atoms with E-state index in [1.807, 2.05) is 6.07 Å². The van der Waals surface area contributed by atoms with E-state index in [0.717, 1.165) is 11.3 Å². The molecule has 0 fully saturated rings. The molecule has 0 N–H and O–H groups in total. The van der Waals surface area contributed by atoms with Crippen LogP contribution in [0.25, 0.3) is 17.1 Å². The van der Waals surface area contributed by atoms with E-state index in [2.05, 4.69) is 21.3 Å². The van der Waals surface area contributed by atoms with E-state index in [1.54, 1.807) is 54.2 Å². The minimum Gasteiger partial charge on any atom is -0.270 e. The predicted octanol–water partition coefficient (Wildman–Crippen LogP) is 4.65. The Morgan fingerprint density at radius 3 is 2.50 bits per heavy atom. The Bertz CT molecular complexity index is 907. The lowest BCUT2D eigenvalue weighted by atomic mass is 10.2. The summed E-state index contributed by atoms with van der Waals surface area (Å²) < 4.78 is 26.8. The second kappa shape index (κ2) is 8.29. The first-order valence-corrected chi connectivity index (χ1v) is 9.31. The van der Waals surface area contributed by atoms with Crippen LogP contribution in [0, 0.1) is 11.3 Å². The molecule has 26 heavy (non-hydrogen) atoms.